The molecule has 178 valence electrons. The van der Waals surface area contributed by atoms with Crippen molar-refractivity contribution in [3.8, 4) is 16.9 Å². The summed E-state index contributed by atoms with van der Waals surface area (Å²) in [7, 11) is 1.68. The van der Waals surface area contributed by atoms with E-state index in [9.17, 15) is 4.79 Å². The van der Waals surface area contributed by atoms with E-state index in [-0.39, 0.29) is 5.91 Å². The highest BCUT2D eigenvalue weighted by Crippen LogP contribution is 2.36. The van der Waals surface area contributed by atoms with Crippen LogP contribution in [0.1, 0.15) is 24.8 Å². The van der Waals surface area contributed by atoms with E-state index in [1.165, 1.54) is 5.56 Å². The number of carbonyl (C=O) groups excluding carboxylic acids is 1. The number of ether oxygens (including phenoxy) is 3. The van der Waals surface area contributed by atoms with Crippen molar-refractivity contribution in [2.75, 3.05) is 59.7 Å². The first-order chi connectivity index (χ1) is 16.2. The molecule has 6 heteroatoms. The second-order valence-electron chi connectivity index (χ2n) is 9.07. The molecule has 0 aliphatic carbocycles. The molecule has 2 saturated heterocycles. The Labute approximate surface area is 197 Å². The highest BCUT2D eigenvalue weighted by atomic mass is 16.5. The van der Waals surface area contributed by atoms with Crippen molar-refractivity contribution >= 4 is 5.91 Å². The normalized spacial score (nSPS) is 18.6. The van der Waals surface area contributed by atoms with Gasteiger partial charge in [0.25, 0.3) is 0 Å². The predicted octanol–water partition coefficient (Wildman–Crippen LogP) is 3.54. The van der Waals surface area contributed by atoms with E-state index in [1.54, 1.807) is 7.11 Å². The molecule has 4 rings (SSSR count). The van der Waals surface area contributed by atoms with E-state index in [4.69, 9.17) is 14.2 Å². The van der Waals surface area contributed by atoms with Crippen molar-refractivity contribution in [1.29, 1.82) is 0 Å². The van der Waals surface area contributed by atoms with Gasteiger partial charge in [-0.3, -0.25) is 9.69 Å². The third-order valence-corrected chi connectivity index (χ3v) is 6.84. The van der Waals surface area contributed by atoms with Gasteiger partial charge in [0.15, 0.2) is 0 Å². The number of rotatable bonds is 9. The number of nitrogens with one attached hydrogen (secondary N) is 1. The summed E-state index contributed by atoms with van der Waals surface area (Å²) in [6.07, 6.45) is 3.20. The number of nitrogens with zero attached hydrogens (tertiary/aromatic N) is 1. The lowest BCUT2D eigenvalue weighted by molar-refractivity contribution is -0.136. The van der Waals surface area contributed by atoms with Gasteiger partial charge in [-0.05, 0) is 61.1 Å². The van der Waals surface area contributed by atoms with Gasteiger partial charge in [-0.25, -0.2) is 0 Å². The first-order valence-electron chi connectivity index (χ1n) is 12.1. The van der Waals surface area contributed by atoms with Crippen LogP contribution in [0.15, 0.2) is 48.5 Å². The Hall–Kier alpha value is -2.41. The van der Waals surface area contributed by atoms with Gasteiger partial charge < -0.3 is 19.5 Å². The first-order valence-corrected chi connectivity index (χ1v) is 12.1. The minimum Gasteiger partial charge on any atom is -0.497 e. The number of hydrogen-bond acceptors (Lipinski definition) is 5. The Kier molecular flexibility index (Phi) is 8.37. The molecule has 0 saturated carbocycles. The van der Waals surface area contributed by atoms with Crippen LogP contribution in [0.25, 0.3) is 11.1 Å². The molecule has 2 fully saturated rings. The first kappa shape index (κ1) is 23.7. The fraction of sp³-hybridized carbons (Fsp3) is 0.519. The Balaban J connectivity index is 1.41. The molecular formula is C27H36N2O4. The van der Waals surface area contributed by atoms with Crippen LogP contribution in [0.5, 0.6) is 5.75 Å². The van der Waals surface area contributed by atoms with Crippen molar-refractivity contribution in [3.63, 3.8) is 0 Å². The molecule has 0 bridgehead atoms. The molecule has 0 aromatic heterocycles. The van der Waals surface area contributed by atoms with Crippen LogP contribution < -0.4 is 10.1 Å². The molecule has 2 aliphatic rings. The zero-order chi connectivity index (χ0) is 22.9. The van der Waals surface area contributed by atoms with Crippen molar-refractivity contribution < 1.29 is 19.0 Å². The Morgan fingerprint density at radius 3 is 2.45 bits per heavy atom. The molecule has 2 heterocycles. The highest BCUT2D eigenvalue weighted by molar-refractivity contribution is 5.83. The molecule has 33 heavy (non-hydrogen) atoms. The maximum Gasteiger partial charge on any atom is 0.226 e. The SMILES string of the molecule is COc1cccc(-c2cccc(CC3(C(=O)NCCCN4CCOCC4)CCOCC3)c2)c1. The van der Waals surface area contributed by atoms with Crippen LogP contribution in [0.2, 0.25) is 0 Å². The molecule has 2 aromatic rings. The van der Waals surface area contributed by atoms with Crippen LogP contribution in [0, 0.1) is 5.41 Å². The standard InChI is InChI=1S/C27H36N2O4/c1-31-25-8-3-7-24(20-25)23-6-2-5-22(19-23)21-27(9-15-32-16-10-27)26(30)28-11-4-12-29-13-17-33-18-14-29/h2-3,5-8,19-20H,4,9-18,21H2,1H3,(H,28,30). The summed E-state index contributed by atoms with van der Waals surface area (Å²) in [6.45, 7) is 6.57. The predicted molar refractivity (Wildman–Crippen MR) is 130 cm³/mol. The molecule has 2 aromatic carbocycles. The topological polar surface area (TPSA) is 60.0 Å². The quantitative estimate of drug-likeness (QED) is 0.590. The van der Waals surface area contributed by atoms with E-state index in [1.807, 2.05) is 18.2 Å². The summed E-state index contributed by atoms with van der Waals surface area (Å²) in [5.41, 5.74) is 3.02. The van der Waals surface area contributed by atoms with Gasteiger partial charge in [0.1, 0.15) is 5.75 Å². The fourth-order valence-corrected chi connectivity index (χ4v) is 4.82. The molecule has 0 unspecified atom stereocenters. The molecule has 0 radical (unpaired) electrons. The molecule has 6 nitrogen and oxygen atoms in total. The van der Waals surface area contributed by atoms with Gasteiger partial charge in [0.05, 0.1) is 25.7 Å². The summed E-state index contributed by atoms with van der Waals surface area (Å²) in [5.74, 6) is 1.01. The minimum absolute atomic E-state index is 0.166. The number of methoxy groups -OCH3 is 1. The number of carbonyl (C=O) groups is 1. The van der Waals surface area contributed by atoms with Crippen molar-refractivity contribution in [3.05, 3.63) is 54.1 Å². The Bertz CT molecular complexity index is 904. The monoisotopic (exact) mass is 452 g/mol. The van der Waals surface area contributed by atoms with Gasteiger partial charge >= 0.3 is 0 Å². The number of amides is 1. The largest absolute Gasteiger partial charge is 0.497 e. The van der Waals surface area contributed by atoms with Gasteiger partial charge in [-0.1, -0.05) is 36.4 Å². The van der Waals surface area contributed by atoms with Crippen LogP contribution in [0.4, 0.5) is 0 Å². The maximum absolute atomic E-state index is 13.4. The van der Waals surface area contributed by atoms with E-state index in [0.29, 0.717) is 19.8 Å². The van der Waals surface area contributed by atoms with E-state index in [2.05, 4.69) is 40.5 Å². The molecule has 2 aliphatic heterocycles. The van der Waals surface area contributed by atoms with Gasteiger partial charge in [-0.15, -0.1) is 0 Å². The Morgan fingerprint density at radius 1 is 1.00 bits per heavy atom. The van der Waals surface area contributed by atoms with Gasteiger partial charge in [0, 0.05) is 32.8 Å². The zero-order valence-electron chi connectivity index (χ0n) is 19.7. The zero-order valence-corrected chi connectivity index (χ0v) is 19.7. The molecular weight excluding hydrogens is 416 g/mol. The second kappa shape index (κ2) is 11.6. The average molecular weight is 453 g/mol. The summed E-state index contributed by atoms with van der Waals surface area (Å²) in [6, 6.07) is 16.6. The average Bonchev–Trinajstić information content (AvgIpc) is 2.88. The summed E-state index contributed by atoms with van der Waals surface area (Å²) >= 11 is 0. The van der Waals surface area contributed by atoms with Crippen molar-refractivity contribution in [1.82, 2.24) is 10.2 Å². The number of benzene rings is 2. The molecule has 0 atom stereocenters. The summed E-state index contributed by atoms with van der Waals surface area (Å²) < 4.78 is 16.4. The van der Waals surface area contributed by atoms with Crippen molar-refractivity contribution in [2.45, 2.75) is 25.7 Å². The highest BCUT2D eigenvalue weighted by Gasteiger charge is 2.40. The van der Waals surface area contributed by atoms with Crippen LogP contribution >= 0.6 is 0 Å². The molecule has 0 spiro atoms. The Morgan fingerprint density at radius 2 is 1.70 bits per heavy atom. The second-order valence-corrected chi connectivity index (χ2v) is 9.07. The third kappa shape index (κ3) is 6.34. The fourth-order valence-electron chi connectivity index (χ4n) is 4.82. The van der Waals surface area contributed by atoms with E-state index >= 15 is 0 Å². The lowest BCUT2D eigenvalue weighted by Crippen LogP contribution is -2.47. The van der Waals surface area contributed by atoms with E-state index < -0.39 is 5.41 Å². The number of hydrogen-bond donors (Lipinski definition) is 1. The number of morpholine rings is 1. The van der Waals surface area contributed by atoms with Crippen molar-refractivity contribution in [2.24, 2.45) is 5.41 Å². The molecule has 1 N–H and O–H groups in total. The lowest BCUT2D eigenvalue weighted by atomic mass is 9.74. The van der Waals surface area contributed by atoms with E-state index in [0.717, 1.165) is 75.4 Å². The summed E-state index contributed by atoms with van der Waals surface area (Å²) in [4.78, 5) is 15.8. The van der Waals surface area contributed by atoms with Gasteiger partial charge in [-0.2, -0.15) is 0 Å². The summed E-state index contributed by atoms with van der Waals surface area (Å²) in [5, 5.41) is 3.25. The van der Waals surface area contributed by atoms with Gasteiger partial charge in [0.2, 0.25) is 5.91 Å². The minimum atomic E-state index is -0.412. The maximum atomic E-state index is 13.4. The lowest BCUT2D eigenvalue weighted by Gasteiger charge is -2.36. The third-order valence-electron chi connectivity index (χ3n) is 6.84. The van der Waals surface area contributed by atoms with Crippen LogP contribution in [0.3, 0.4) is 0 Å². The van der Waals surface area contributed by atoms with Crippen LogP contribution in [-0.4, -0.2) is 70.5 Å². The molecule has 1 amide bonds. The van der Waals surface area contributed by atoms with Crippen LogP contribution in [-0.2, 0) is 20.7 Å². The smallest absolute Gasteiger partial charge is 0.226 e.